The number of likely N-dealkylation sites (N-methyl/N-ethyl adjacent to an activating group) is 1. The first-order chi connectivity index (χ1) is 10.2. The third kappa shape index (κ3) is 3.00. The molecule has 5 nitrogen and oxygen atoms in total. The van der Waals surface area contributed by atoms with E-state index in [1.165, 1.54) is 6.54 Å². The van der Waals surface area contributed by atoms with Gasteiger partial charge in [0.05, 0.1) is 19.8 Å². The number of aromatic nitrogens is 2. The zero-order valence-corrected chi connectivity index (χ0v) is 13.5. The minimum absolute atomic E-state index is 0.588. The van der Waals surface area contributed by atoms with Gasteiger partial charge in [-0.25, -0.2) is 4.98 Å². The lowest BCUT2D eigenvalue weighted by atomic mass is 9.87. The fourth-order valence-electron chi connectivity index (χ4n) is 4.01. The van der Waals surface area contributed by atoms with Gasteiger partial charge in [-0.2, -0.15) is 0 Å². The number of aryl methyl sites for hydroxylation is 1. The van der Waals surface area contributed by atoms with Crippen LogP contribution in [0.2, 0.25) is 0 Å². The Labute approximate surface area is 127 Å². The van der Waals surface area contributed by atoms with Crippen molar-refractivity contribution in [1.82, 2.24) is 19.4 Å². The van der Waals surface area contributed by atoms with Crippen LogP contribution in [-0.4, -0.2) is 64.8 Å². The van der Waals surface area contributed by atoms with Crippen LogP contribution in [0.5, 0.6) is 0 Å². The number of hydrogen-bond acceptors (Lipinski definition) is 4. The highest BCUT2D eigenvalue weighted by molar-refractivity contribution is 4.98. The molecule has 2 aliphatic rings. The number of fused-ring (bicyclic) bond motifs is 1. The molecule has 118 valence electrons. The summed E-state index contributed by atoms with van der Waals surface area (Å²) in [5.41, 5.74) is 0. The van der Waals surface area contributed by atoms with Crippen molar-refractivity contribution < 1.29 is 4.74 Å². The Morgan fingerprint density at radius 3 is 2.76 bits per heavy atom. The molecule has 0 aromatic carbocycles. The Morgan fingerprint density at radius 2 is 2.10 bits per heavy atom. The molecule has 0 amide bonds. The largest absolute Gasteiger partial charge is 0.379 e. The van der Waals surface area contributed by atoms with Crippen LogP contribution in [-0.2, 0) is 18.3 Å². The second-order valence-electron chi connectivity index (χ2n) is 6.40. The molecule has 1 aromatic rings. The van der Waals surface area contributed by atoms with E-state index in [1.807, 2.05) is 12.4 Å². The monoisotopic (exact) mass is 292 g/mol. The topological polar surface area (TPSA) is 33.5 Å². The maximum Gasteiger partial charge on any atom is 0.122 e. The summed E-state index contributed by atoms with van der Waals surface area (Å²) in [6, 6.07) is 0.588. The highest BCUT2D eigenvalue weighted by Crippen LogP contribution is 2.33. The van der Waals surface area contributed by atoms with Crippen LogP contribution in [0.4, 0.5) is 0 Å². The minimum atomic E-state index is 0.588. The number of ether oxygens (including phenoxy) is 1. The lowest BCUT2D eigenvalue weighted by molar-refractivity contribution is -0.0348. The molecule has 0 bridgehead atoms. The first kappa shape index (κ1) is 15.0. The summed E-state index contributed by atoms with van der Waals surface area (Å²) < 4.78 is 8.02. The smallest absolute Gasteiger partial charge is 0.122 e. The van der Waals surface area contributed by atoms with Crippen LogP contribution in [0.1, 0.15) is 19.7 Å². The van der Waals surface area contributed by atoms with Crippen molar-refractivity contribution in [3.63, 3.8) is 0 Å². The number of rotatable bonds is 5. The Hall–Kier alpha value is -0.910. The molecular weight excluding hydrogens is 264 g/mol. The summed E-state index contributed by atoms with van der Waals surface area (Å²) in [4.78, 5) is 9.59. The molecule has 0 unspecified atom stereocenters. The molecule has 0 saturated carbocycles. The van der Waals surface area contributed by atoms with E-state index in [0.29, 0.717) is 12.0 Å². The van der Waals surface area contributed by atoms with Gasteiger partial charge in [0.1, 0.15) is 5.82 Å². The van der Waals surface area contributed by atoms with Crippen molar-refractivity contribution >= 4 is 0 Å². The van der Waals surface area contributed by atoms with Crippen LogP contribution < -0.4 is 0 Å². The highest BCUT2D eigenvalue weighted by atomic mass is 16.5. The fourth-order valence-corrected chi connectivity index (χ4v) is 4.01. The lowest BCUT2D eigenvalue weighted by Gasteiger charge is -2.39. The molecule has 21 heavy (non-hydrogen) atoms. The van der Waals surface area contributed by atoms with Gasteiger partial charge in [0.15, 0.2) is 0 Å². The van der Waals surface area contributed by atoms with Gasteiger partial charge >= 0.3 is 0 Å². The molecule has 0 aliphatic carbocycles. The van der Waals surface area contributed by atoms with E-state index < -0.39 is 0 Å². The number of nitrogens with zero attached hydrogens (tertiary/aromatic N) is 4. The molecule has 0 spiro atoms. The molecule has 3 heterocycles. The predicted molar refractivity (Wildman–Crippen MR) is 83.0 cm³/mol. The molecule has 0 N–H and O–H groups in total. The number of imidazole rings is 1. The molecule has 2 saturated heterocycles. The predicted octanol–water partition coefficient (Wildman–Crippen LogP) is 1.21. The van der Waals surface area contributed by atoms with Crippen LogP contribution in [0.25, 0.3) is 0 Å². The molecular formula is C16H28N4O. The third-order valence-corrected chi connectivity index (χ3v) is 5.25. The first-order valence-electron chi connectivity index (χ1n) is 8.23. The molecule has 1 aromatic heterocycles. The highest BCUT2D eigenvalue weighted by Gasteiger charge is 2.42. The SMILES string of the molecule is CCN(CC)[C@H]1COC[C@@H]2CN(Cc3nccn3C)C[C@@H]21. The van der Waals surface area contributed by atoms with Gasteiger partial charge in [0.25, 0.3) is 0 Å². The standard InChI is InChI=1S/C16H28N4O/c1-4-20(5-2)15-12-21-11-13-8-19(9-14(13)15)10-16-17-6-7-18(16)3/h6-7,13-15H,4-5,8-12H2,1-3H3/t13-,14-,15-/m0/s1. The lowest BCUT2D eigenvalue weighted by Crippen LogP contribution is -2.50. The van der Waals surface area contributed by atoms with Gasteiger partial charge in [-0.05, 0) is 19.0 Å². The van der Waals surface area contributed by atoms with E-state index in [-0.39, 0.29) is 0 Å². The normalized spacial score (nSPS) is 30.0. The summed E-state index contributed by atoms with van der Waals surface area (Å²) in [6.45, 7) is 11.9. The van der Waals surface area contributed by atoms with Gasteiger partial charge in [-0.1, -0.05) is 13.8 Å². The van der Waals surface area contributed by atoms with E-state index in [9.17, 15) is 0 Å². The van der Waals surface area contributed by atoms with E-state index in [1.54, 1.807) is 0 Å². The number of hydrogen-bond donors (Lipinski definition) is 0. The van der Waals surface area contributed by atoms with E-state index in [2.05, 4.69) is 40.2 Å². The van der Waals surface area contributed by atoms with Crippen molar-refractivity contribution in [1.29, 1.82) is 0 Å². The number of likely N-dealkylation sites (tertiary alicyclic amines) is 1. The zero-order valence-electron chi connectivity index (χ0n) is 13.5. The summed E-state index contributed by atoms with van der Waals surface area (Å²) in [5.74, 6) is 2.59. The van der Waals surface area contributed by atoms with E-state index in [4.69, 9.17) is 4.74 Å². The molecule has 2 aliphatic heterocycles. The average molecular weight is 292 g/mol. The van der Waals surface area contributed by atoms with Gasteiger partial charge in [-0.15, -0.1) is 0 Å². The van der Waals surface area contributed by atoms with Crippen molar-refractivity contribution in [3.05, 3.63) is 18.2 Å². The molecule has 0 radical (unpaired) electrons. The van der Waals surface area contributed by atoms with Crippen molar-refractivity contribution in [2.45, 2.75) is 26.4 Å². The van der Waals surface area contributed by atoms with Gasteiger partial charge in [0.2, 0.25) is 0 Å². The Bertz CT molecular complexity index is 457. The van der Waals surface area contributed by atoms with Crippen molar-refractivity contribution in [2.24, 2.45) is 18.9 Å². The van der Waals surface area contributed by atoms with Gasteiger partial charge in [0, 0.05) is 44.5 Å². The van der Waals surface area contributed by atoms with Gasteiger partial charge in [-0.3, -0.25) is 9.80 Å². The quantitative estimate of drug-likeness (QED) is 0.817. The minimum Gasteiger partial charge on any atom is -0.379 e. The summed E-state index contributed by atoms with van der Waals surface area (Å²) >= 11 is 0. The summed E-state index contributed by atoms with van der Waals surface area (Å²) in [6.07, 6.45) is 3.92. The molecule has 3 rings (SSSR count). The third-order valence-electron chi connectivity index (χ3n) is 5.25. The van der Waals surface area contributed by atoms with Crippen LogP contribution in [0.15, 0.2) is 12.4 Å². The van der Waals surface area contributed by atoms with Crippen LogP contribution >= 0.6 is 0 Å². The maximum absolute atomic E-state index is 5.90. The summed E-state index contributed by atoms with van der Waals surface area (Å²) in [5, 5.41) is 0. The van der Waals surface area contributed by atoms with Gasteiger partial charge < -0.3 is 9.30 Å². The molecule has 2 fully saturated rings. The molecule has 3 atom stereocenters. The zero-order chi connectivity index (χ0) is 14.8. The van der Waals surface area contributed by atoms with E-state index >= 15 is 0 Å². The van der Waals surface area contributed by atoms with Crippen molar-refractivity contribution in [3.8, 4) is 0 Å². The first-order valence-corrected chi connectivity index (χ1v) is 8.23. The van der Waals surface area contributed by atoms with Crippen molar-refractivity contribution in [2.75, 3.05) is 39.4 Å². The second kappa shape index (κ2) is 6.46. The average Bonchev–Trinajstić information content (AvgIpc) is 3.07. The summed E-state index contributed by atoms with van der Waals surface area (Å²) in [7, 11) is 2.08. The second-order valence-corrected chi connectivity index (χ2v) is 6.40. The molecule has 5 heteroatoms. The Morgan fingerprint density at radius 1 is 1.29 bits per heavy atom. The van der Waals surface area contributed by atoms with Crippen LogP contribution in [0, 0.1) is 11.8 Å². The Kier molecular flexibility index (Phi) is 4.62. The van der Waals surface area contributed by atoms with E-state index in [0.717, 1.165) is 51.1 Å². The Balaban J connectivity index is 1.67. The maximum atomic E-state index is 5.90. The fraction of sp³-hybridized carbons (Fsp3) is 0.812. The van der Waals surface area contributed by atoms with Crippen LogP contribution in [0.3, 0.4) is 0 Å².